The van der Waals surface area contributed by atoms with Gasteiger partial charge in [0.1, 0.15) is 17.3 Å². The van der Waals surface area contributed by atoms with Gasteiger partial charge in [0.2, 0.25) is 5.72 Å². The molecular weight excluding hydrogens is 532 g/mol. The Hall–Kier alpha value is -4.94. The lowest BCUT2D eigenvalue weighted by molar-refractivity contribution is -0.0903. The van der Waals surface area contributed by atoms with E-state index < -0.39 is 11.8 Å². The summed E-state index contributed by atoms with van der Waals surface area (Å²) in [6, 6.07) is 46.7. The molecule has 0 saturated heterocycles. The molecule has 5 aromatic carbocycles. The Morgan fingerprint density at radius 2 is 1.35 bits per heavy atom. The maximum Gasteiger partial charge on any atom is 0.230 e. The molecule has 43 heavy (non-hydrogen) atoms. The largest absolute Gasteiger partial charge is 0.463 e. The molecule has 0 bridgehead atoms. The van der Waals surface area contributed by atoms with Gasteiger partial charge in [0.05, 0.1) is 11.6 Å². The first-order valence-corrected chi connectivity index (χ1v) is 14.8. The fourth-order valence-corrected chi connectivity index (χ4v) is 5.64. The van der Waals surface area contributed by atoms with Gasteiger partial charge in [0.15, 0.2) is 0 Å². The van der Waals surface area contributed by atoms with E-state index in [-0.39, 0.29) is 6.10 Å². The molecule has 0 spiro atoms. The predicted octanol–water partition coefficient (Wildman–Crippen LogP) is 8.49. The van der Waals surface area contributed by atoms with Crippen molar-refractivity contribution in [3.63, 3.8) is 0 Å². The molecule has 0 aliphatic rings. The van der Waals surface area contributed by atoms with Crippen LogP contribution in [0.3, 0.4) is 0 Å². The van der Waals surface area contributed by atoms with E-state index in [2.05, 4.69) is 65.9 Å². The van der Waals surface area contributed by atoms with Crippen molar-refractivity contribution in [1.29, 1.82) is 0 Å². The summed E-state index contributed by atoms with van der Waals surface area (Å²) in [4.78, 5) is 0. The highest BCUT2D eigenvalue weighted by atomic mass is 16.5. The monoisotopic (exact) mass is 568 g/mol. The maximum absolute atomic E-state index is 7.29. The van der Waals surface area contributed by atoms with E-state index in [4.69, 9.17) is 14.7 Å². The summed E-state index contributed by atoms with van der Waals surface area (Å²) in [5.41, 5.74) is 4.78. The zero-order valence-corrected chi connectivity index (χ0v) is 24.5. The molecule has 1 N–H and O–H groups in total. The number of aryl methyl sites for hydroxylation is 1. The number of benzene rings is 5. The van der Waals surface area contributed by atoms with Crippen LogP contribution in [0.2, 0.25) is 0 Å². The minimum atomic E-state index is -1.14. The number of nitrogens with zero attached hydrogens (tertiary/aromatic N) is 3. The van der Waals surface area contributed by atoms with Crippen molar-refractivity contribution < 1.29 is 9.47 Å². The van der Waals surface area contributed by atoms with Gasteiger partial charge in [0.25, 0.3) is 0 Å². The summed E-state index contributed by atoms with van der Waals surface area (Å²) in [6.45, 7) is 4.67. The number of hydrogen-bond donors (Lipinski definition) is 1. The molecule has 0 fully saturated rings. The van der Waals surface area contributed by atoms with E-state index in [0.29, 0.717) is 13.0 Å². The van der Waals surface area contributed by atoms with Gasteiger partial charge in [-0.3, -0.25) is 0 Å². The number of ether oxygens (including phenoxy) is 2. The molecule has 0 amide bonds. The highest BCUT2D eigenvalue weighted by Gasteiger charge is 2.49. The van der Waals surface area contributed by atoms with Crippen LogP contribution >= 0.6 is 0 Å². The first-order chi connectivity index (χ1) is 21.2. The Labute approximate surface area is 252 Å². The lowest BCUT2D eigenvalue weighted by Crippen LogP contribution is -2.50. The summed E-state index contributed by atoms with van der Waals surface area (Å²) >= 11 is 0. The Morgan fingerprint density at radius 1 is 0.721 bits per heavy atom. The molecule has 0 aliphatic heterocycles. The van der Waals surface area contributed by atoms with Crippen molar-refractivity contribution in [1.82, 2.24) is 15.0 Å². The Kier molecular flexibility index (Phi) is 8.47. The van der Waals surface area contributed by atoms with Gasteiger partial charge in [-0.05, 0) is 61.4 Å². The van der Waals surface area contributed by atoms with Gasteiger partial charge < -0.3 is 14.8 Å². The molecule has 3 atom stereocenters. The molecule has 6 rings (SSSR count). The SMILES string of the molecule is CCOC(CC(Oc1ccccc1)(C(Nc1ccccc1)c1ccc(C)cc1)n1nnc2ccccc21)c1ccccc1. The van der Waals surface area contributed by atoms with Crippen LogP contribution in [0, 0.1) is 6.92 Å². The topological polar surface area (TPSA) is 61.2 Å². The Balaban J connectivity index is 1.64. The molecule has 216 valence electrons. The van der Waals surface area contributed by atoms with Crippen LogP contribution < -0.4 is 10.1 Å². The normalized spacial score (nSPS) is 14.1. The smallest absolute Gasteiger partial charge is 0.230 e. The second-order valence-electron chi connectivity index (χ2n) is 10.7. The van der Waals surface area contributed by atoms with Gasteiger partial charge in [-0.25, -0.2) is 4.68 Å². The average Bonchev–Trinajstić information content (AvgIpc) is 3.50. The molecular formula is C37H36N4O2. The maximum atomic E-state index is 7.29. The minimum Gasteiger partial charge on any atom is -0.463 e. The summed E-state index contributed by atoms with van der Waals surface area (Å²) in [6.07, 6.45) is 0.134. The van der Waals surface area contributed by atoms with Crippen molar-refractivity contribution in [2.75, 3.05) is 11.9 Å². The first kappa shape index (κ1) is 28.2. The third-order valence-electron chi connectivity index (χ3n) is 7.71. The lowest BCUT2D eigenvalue weighted by Gasteiger charge is -2.43. The minimum absolute atomic E-state index is 0.302. The van der Waals surface area contributed by atoms with Gasteiger partial charge in [0, 0.05) is 18.7 Å². The molecule has 0 saturated carbocycles. The van der Waals surface area contributed by atoms with Crippen LogP contribution in [-0.2, 0) is 10.5 Å². The number of nitrogens with one attached hydrogen (secondary N) is 1. The van der Waals surface area contributed by atoms with Crippen LogP contribution in [0.25, 0.3) is 11.0 Å². The van der Waals surface area contributed by atoms with Crippen molar-refractivity contribution in [2.45, 2.75) is 38.1 Å². The summed E-state index contributed by atoms with van der Waals surface area (Å²) in [5, 5.41) is 13.3. The zero-order valence-electron chi connectivity index (χ0n) is 24.5. The second-order valence-corrected chi connectivity index (χ2v) is 10.7. The summed E-state index contributed by atoms with van der Waals surface area (Å²) < 4.78 is 15.8. The quantitative estimate of drug-likeness (QED) is 0.160. The number of aromatic nitrogens is 3. The van der Waals surface area contributed by atoms with Crippen LogP contribution in [0.4, 0.5) is 5.69 Å². The van der Waals surface area contributed by atoms with E-state index in [0.717, 1.165) is 33.6 Å². The van der Waals surface area contributed by atoms with Crippen LogP contribution in [0.1, 0.15) is 42.2 Å². The Morgan fingerprint density at radius 3 is 2.05 bits per heavy atom. The lowest BCUT2D eigenvalue weighted by atomic mass is 9.87. The average molecular weight is 569 g/mol. The van der Waals surface area contributed by atoms with Gasteiger partial charge in [-0.1, -0.05) is 114 Å². The van der Waals surface area contributed by atoms with Crippen LogP contribution in [-0.4, -0.2) is 21.6 Å². The third kappa shape index (κ3) is 6.15. The van der Waals surface area contributed by atoms with E-state index in [9.17, 15) is 0 Å². The molecule has 6 heteroatoms. The molecule has 6 aromatic rings. The standard InChI is InChI=1S/C37H36N4O2/c1-3-42-35(29-15-7-4-8-16-29)27-37(43-32-19-11-6-12-20-32,41-34-22-14-13-21-33(34)39-40-41)36(30-25-23-28(2)24-26-30)38-31-17-9-5-10-18-31/h4-26,35-36,38H,3,27H2,1-2H3. The van der Waals surface area contributed by atoms with Gasteiger partial charge >= 0.3 is 0 Å². The molecule has 0 radical (unpaired) electrons. The van der Waals surface area contributed by atoms with Gasteiger partial charge in [-0.2, -0.15) is 0 Å². The molecule has 1 aromatic heterocycles. The molecule has 6 nitrogen and oxygen atoms in total. The number of hydrogen-bond acceptors (Lipinski definition) is 5. The van der Waals surface area contributed by atoms with Crippen molar-refractivity contribution >= 4 is 16.7 Å². The molecule has 3 unspecified atom stereocenters. The van der Waals surface area contributed by atoms with E-state index in [1.165, 1.54) is 5.56 Å². The number of rotatable bonds is 12. The fourth-order valence-electron chi connectivity index (χ4n) is 5.64. The summed E-state index contributed by atoms with van der Waals surface area (Å²) in [7, 11) is 0. The number of fused-ring (bicyclic) bond motifs is 1. The van der Waals surface area contributed by atoms with Crippen molar-refractivity contribution in [3.8, 4) is 5.75 Å². The third-order valence-corrected chi connectivity index (χ3v) is 7.71. The second kappa shape index (κ2) is 12.9. The molecule has 1 heterocycles. The highest BCUT2D eigenvalue weighted by Crippen LogP contribution is 2.45. The number of para-hydroxylation sites is 3. The van der Waals surface area contributed by atoms with E-state index in [1.54, 1.807) is 0 Å². The highest BCUT2D eigenvalue weighted by molar-refractivity contribution is 5.74. The molecule has 0 aliphatic carbocycles. The number of anilines is 1. The van der Waals surface area contributed by atoms with E-state index >= 15 is 0 Å². The zero-order chi connectivity index (χ0) is 29.5. The van der Waals surface area contributed by atoms with E-state index in [1.807, 2.05) is 103 Å². The predicted molar refractivity (Wildman–Crippen MR) is 172 cm³/mol. The summed E-state index contributed by atoms with van der Waals surface area (Å²) in [5.74, 6) is 0.720. The van der Waals surface area contributed by atoms with Crippen LogP contribution in [0.15, 0.2) is 140 Å². The van der Waals surface area contributed by atoms with Gasteiger partial charge in [-0.15, -0.1) is 5.10 Å². The van der Waals surface area contributed by atoms with Crippen LogP contribution in [0.5, 0.6) is 5.75 Å². The van der Waals surface area contributed by atoms with Crippen molar-refractivity contribution in [3.05, 3.63) is 156 Å². The Bertz CT molecular complexity index is 1720. The fraction of sp³-hybridized carbons (Fsp3) is 0.189. The van der Waals surface area contributed by atoms with Crippen molar-refractivity contribution in [2.24, 2.45) is 0 Å². The first-order valence-electron chi connectivity index (χ1n) is 14.8.